The molecule has 3 aromatic carbocycles. The van der Waals surface area contributed by atoms with E-state index in [0.717, 1.165) is 22.9 Å². The van der Waals surface area contributed by atoms with E-state index < -0.39 is 28.3 Å². The molecule has 0 bridgehead atoms. The molecule has 0 saturated heterocycles. The molecular weight excluding hydrogens is 464 g/mol. The van der Waals surface area contributed by atoms with Crippen LogP contribution in [0.4, 0.5) is 5.69 Å². The van der Waals surface area contributed by atoms with Crippen LogP contribution in [0.1, 0.15) is 21.5 Å². The first-order valence-corrected chi connectivity index (χ1v) is 12.8. The number of hydrogen-bond acceptors (Lipinski definition) is 6. The van der Waals surface area contributed by atoms with Crippen LogP contribution in [0.2, 0.25) is 0 Å². The number of pyridine rings is 1. The van der Waals surface area contributed by atoms with Gasteiger partial charge in [0, 0.05) is 22.9 Å². The minimum absolute atomic E-state index is 0.145. The molecule has 7 nitrogen and oxygen atoms in total. The van der Waals surface area contributed by atoms with Crippen LogP contribution in [0, 0.1) is 13.8 Å². The number of esters is 1. The van der Waals surface area contributed by atoms with Gasteiger partial charge in [-0.3, -0.25) is 4.79 Å². The molecule has 1 amide bonds. The van der Waals surface area contributed by atoms with Gasteiger partial charge in [0.15, 0.2) is 16.4 Å². The number of hydrogen-bond donors (Lipinski definition) is 1. The number of ether oxygens (including phenoxy) is 1. The number of aryl methyl sites for hydroxylation is 2. The Balaban J connectivity index is 1.54. The van der Waals surface area contributed by atoms with E-state index in [-0.39, 0.29) is 4.90 Å². The van der Waals surface area contributed by atoms with Crippen LogP contribution in [-0.2, 0) is 19.4 Å². The number of carbonyl (C=O) groups is 2. The highest BCUT2D eigenvalue weighted by atomic mass is 32.2. The molecule has 0 unspecified atom stereocenters. The Morgan fingerprint density at radius 1 is 0.943 bits per heavy atom. The van der Waals surface area contributed by atoms with Crippen LogP contribution < -0.4 is 5.32 Å². The number of anilines is 1. The lowest BCUT2D eigenvalue weighted by atomic mass is 9.99. The molecule has 1 aromatic heterocycles. The average molecular weight is 489 g/mol. The van der Waals surface area contributed by atoms with Crippen molar-refractivity contribution in [3.8, 4) is 11.3 Å². The molecule has 0 radical (unpaired) electrons. The third-order valence-electron chi connectivity index (χ3n) is 5.49. The molecule has 0 atom stereocenters. The molecule has 0 aliphatic rings. The standard InChI is InChI=1S/C27H24N2O5S/c1-17-8-13-21(18(2)14-17)25-15-23(22-6-4-5-7-24(22)29-25)27(31)34-16-26(30)28-19-9-11-20(12-10-19)35(3,32)33/h4-15H,16H2,1-3H3,(H,28,30). The van der Waals surface area contributed by atoms with Gasteiger partial charge in [-0.05, 0) is 55.8 Å². The molecule has 35 heavy (non-hydrogen) atoms. The summed E-state index contributed by atoms with van der Waals surface area (Å²) in [5.41, 5.74) is 5.07. The summed E-state index contributed by atoms with van der Waals surface area (Å²) >= 11 is 0. The van der Waals surface area contributed by atoms with Crippen molar-refractivity contribution in [1.82, 2.24) is 4.98 Å². The topological polar surface area (TPSA) is 102 Å². The lowest BCUT2D eigenvalue weighted by Crippen LogP contribution is -2.21. The van der Waals surface area contributed by atoms with Crippen LogP contribution in [0.5, 0.6) is 0 Å². The number of sulfone groups is 1. The number of nitrogens with one attached hydrogen (secondary N) is 1. The van der Waals surface area contributed by atoms with Crippen molar-refractivity contribution in [3.63, 3.8) is 0 Å². The average Bonchev–Trinajstić information content (AvgIpc) is 2.81. The fourth-order valence-electron chi connectivity index (χ4n) is 3.77. The number of para-hydroxylation sites is 1. The van der Waals surface area contributed by atoms with Gasteiger partial charge in [0.2, 0.25) is 0 Å². The molecule has 0 fully saturated rings. The van der Waals surface area contributed by atoms with E-state index in [0.29, 0.717) is 27.8 Å². The van der Waals surface area contributed by atoms with E-state index >= 15 is 0 Å². The Bertz CT molecular complexity index is 1540. The van der Waals surface area contributed by atoms with Gasteiger partial charge < -0.3 is 10.1 Å². The second kappa shape index (κ2) is 9.68. The summed E-state index contributed by atoms with van der Waals surface area (Å²) in [5.74, 6) is -1.18. The minimum atomic E-state index is -3.33. The Hall–Kier alpha value is -4.04. The van der Waals surface area contributed by atoms with Crippen molar-refractivity contribution in [3.05, 3.63) is 89.5 Å². The molecule has 178 valence electrons. The Kier molecular flexibility index (Phi) is 6.66. The Labute approximate surface area is 203 Å². The largest absolute Gasteiger partial charge is 0.452 e. The predicted octanol–water partition coefficient (Wildman–Crippen LogP) is 4.72. The van der Waals surface area contributed by atoms with E-state index in [2.05, 4.69) is 11.4 Å². The van der Waals surface area contributed by atoms with Gasteiger partial charge in [0.25, 0.3) is 5.91 Å². The van der Waals surface area contributed by atoms with Crippen molar-refractivity contribution < 1.29 is 22.7 Å². The number of nitrogens with zero attached hydrogens (tertiary/aromatic N) is 1. The van der Waals surface area contributed by atoms with Crippen molar-refractivity contribution in [2.45, 2.75) is 18.7 Å². The zero-order valence-corrected chi connectivity index (χ0v) is 20.3. The molecule has 0 spiro atoms. The molecule has 0 aliphatic heterocycles. The molecule has 4 rings (SSSR count). The number of carbonyl (C=O) groups excluding carboxylic acids is 2. The van der Waals surface area contributed by atoms with E-state index in [1.165, 1.54) is 24.3 Å². The number of fused-ring (bicyclic) bond motifs is 1. The van der Waals surface area contributed by atoms with Crippen molar-refractivity contribution in [1.29, 1.82) is 0 Å². The number of benzene rings is 3. The van der Waals surface area contributed by atoms with Gasteiger partial charge in [-0.25, -0.2) is 18.2 Å². The second-order valence-electron chi connectivity index (χ2n) is 8.31. The van der Waals surface area contributed by atoms with Gasteiger partial charge in [0.05, 0.1) is 21.7 Å². The minimum Gasteiger partial charge on any atom is -0.452 e. The first kappa shape index (κ1) is 24.1. The predicted molar refractivity (Wildman–Crippen MR) is 135 cm³/mol. The lowest BCUT2D eigenvalue weighted by molar-refractivity contribution is -0.119. The summed E-state index contributed by atoms with van der Waals surface area (Å²) in [7, 11) is -3.33. The fraction of sp³-hybridized carbons (Fsp3) is 0.148. The molecule has 0 saturated carbocycles. The highest BCUT2D eigenvalue weighted by Crippen LogP contribution is 2.28. The fourth-order valence-corrected chi connectivity index (χ4v) is 4.41. The normalized spacial score (nSPS) is 11.3. The van der Waals surface area contributed by atoms with Crippen LogP contribution >= 0.6 is 0 Å². The zero-order chi connectivity index (χ0) is 25.2. The molecule has 4 aromatic rings. The number of aromatic nitrogens is 1. The van der Waals surface area contributed by atoms with E-state index in [1.807, 2.05) is 44.2 Å². The van der Waals surface area contributed by atoms with E-state index in [4.69, 9.17) is 9.72 Å². The van der Waals surface area contributed by atoms with Crippen molar-refractivity contribution >= 4 is 38.3 Å². The Morgan fingerprint density at radius 2 is 1.66 bits per heavy atom. The monoisotopic (exact) mass is 488 g/mol. The first-order chi connectivity index (χ1) is 16.6. The zero-order valence-electron chi connectivity index (χ0n) is 19.5. The van der Waals surface area contributed by atoms with Gasteiger partial charge in [-0.2, -0.15) is 0 Å². The summed E-state index contributed by atoms with van der Waals surface area (Å²) in [4.78, 5) is 30.2. The number of rotatable bonds is 6. The summed E-state index contributed by atoms with van der Waals surface area (Å²) < 4.78 is 28.5. The summed E-state index contributed by atoms with van der Waals surface area (Å²) in [6, 6.07) is 20.7. The van der Waals surface area contributed by atoms with Gasteiger partial charge in [0.1, 0.15) is 0 Å². The molecule has 0 aliphatic carbocycles. The van der Waals surface area contributed by atoms with Gasteiger partial charge >= 0.3 is 5.97 Å². The molecular formula is C27H24N2O5S. The van der Waals surface area contributed by atoms with Crippen molar-refractivity contribution in [2.75, 3.05) is 18.2 Å². The van der Waals surface area contributed by atoms with E-state index in [9.17, 15) is 18.0 Å². The highest BCUT2D eigenvalue weighted by molar-refractivity contribution is 7.90. The van der Waals surface area contributed by atoms with Gasteiger partial charge in [-0.15, -0.1) is 0 Å². The van der Waals surface area contributed by atoms with Gasteiger partial charge in [-0.1, -0.05) is 42.0 Å². The number of amides is 1. The quantitative estimate of drug-likeness (QED) is 0.394. The molecule has 1 N–H and O–H groups in total. The second-order valence-corrected chi connectivity index (χ2v) is 10.3. The van der Waals surface area contributed by atoms with Crippen LogP contribution in [-0.4, -0.2) is 38.1 Å². The van der Waals surface area contributed by atoms with Crippen molar-refractivity contribution in [2.24, 2.45) is 0 Å². The summed E-state index contributed by atoms with van der Waals surface area (Å²) in [5, 5.41) is 3.22. The maximum absolute atomic E-state index is 13.0. The molecule has 1 heterocycles. The summed E-state index contributed by atoms with van der Waals surface area (Å²) in [6.45, 7) is 3.50. The Morgan fingerprint density at radius 3 is 2.34 bits per heavy atom. The van der Waals surface area contributed by atoms with Crippen LogP contribution in [0.15, 0.2) is 77.7 Å². The third-order valence-corrected chi connectivity index (χ3v) is 6.62. The smallest absolute Gasteiger partial charge is 0.339 e. The lowest BCUT2D eigenvalue weighted by Gasteiger charge is -2.12. The third kappa shape index (κ3) is 5.55. The highest BCUT2D eigenvalue weighted by Gasteiger charge is 2.17. The summed E-state index contributed by atoms with van der Waals surface area (Å²) in [6.07, 6.45) is 1.11. The molecule has 8 heteroatoms. The SMILES string of the molecule is Cc1ccc(-c2cc(C(=O)OCC(=O)Nc3ccc(S(C)(=O)=O)cc3)c3ccccc3n2)c(C)c1. The maximum atomic E-state index is 13.0. The maximum Gasteiger partial charge on any atom is 0.339 e. The first-order valence-electron chi connectivity index (χ1n) is 10.9. The van der Waals surface area contributed by atoms with Crippen LogP contribution in [0.3, 0.4) is 0 Å². The van der Waals surface area contributed by atoms with Crippen LogP contribution in [0.25, 0.3) is 22.2 Å². The van der Waals surface area contributed by atoms with E-state index in [1.54, 1.807) is 12.1 Å².